The van der Waals surface area contributed by atoms with Gasteiger partial charge in [0.05, 0.1) is 13.2 Å². The molecule has 3 heterocycles. The highest BCUT2D eigenvalue weighted by Gasteiger charge is 2.37. The number of halogens is 3. The molecule has 1 aliphatic heterocycles. The molecule has 0 unspecified atom stereocenters. The molecule has 1 amide bonds. The molecule has 0 saturated carbocycles. The van der Waals surface area contributed by atoms with Crippen molar-refractivity contribution in [2.75, 3.05) is 26.3 Å². The van der Waals surface area contributed by atoms with E-state index in [0.29, 0.717) is 29.9 Å². The minimum atomic E-state index is -4.65. The van der Waals surface area contributed by atoms with Gasteiger partial charge in [-0.1, -0.05) is 24.3 Å². The summed E-state index contributed by atoms with van der Waals surface area (Å²) in [5.41, 5.74) is 3.94. The molecule has 8 nitrogen and oxygen atoms in total. The first-order chi connectivity index (χ1) is 16.2. The Kier molecular flexibility index (Phi) is 7.13. The smallest absolute Gasteiger partial charge is 0.379 e. The largest absolute Gasteiger partial charge is 0.453 e. The molecule has 34 heavy (non-hydrogen) atoms. The van der Waals surface area contributed by atoms with Crippen LogP contribution in [0.5, 0.6) is 0 Å². The lowest BCUT2D eigenvalue weighted by Gasteiger charge is -2.27. The zero-order valence-electron chi connectivity index (χ0n) is 19.2. The van der Waals surface area contributed by atoms with Crippen molar-refractivity contribution < 1.29 is 22.7 Å². The summed E-state index contributed by atoms with van der Waals surface area (Å²) in [5, 5.41) is 6.51. The van der Waals surface area contributed by atoms with E-state index in [-0.39, 0.29) is 18.1 Å². The first-order valence-electron chi connectivity index (χ1n) is 11.2. The molecule has 3 aromatic rings. The Morgan fingerprint density at radius 1 is 1.12 bits per heavy atom. The van der Waals surface area contributed by atoms with E-state index in [1.54, 1.807) is 13.8 Å². The monoisotopic (exact) mass is 476 g/mol. The number of ether oxygens (including phenoxy) is 1. The molecule has 1 N–H and O–H groups in total. The van der Waals surface area contributed by atoms with Gasteiger partial charge in [-0.25, -0.2) is 9.50 Å². The van der Waals surface area contributed by atoms with Crippen molar-refractivity contribution in [1.29, 1.82) is 0 Å². The zero-order valence-corrected chi connectivity index (χ0v) is 19.2. The van der Waals surface area contributed by atoms with Gasteiger partial charge in [0, 0.05) is 44.0 Å². The molecule has 1 fully saturated rings. The minimum absolute atomic E-state index is 0.104. The predicted octanol–water partition coefficient (Wildman–Crippen LogP) is 2.84. The number of nitrogens with zero attached hydrogens (tertiary/aromatic N) is 5. The fraction of sp³-hybridized carbons (Fsp3) is 0.478. The van der Waals surface area contributed by atoms with E-state index in [4.69, 9.17) is 4.74 Å². The summed E-state index contributed by atoms with van der Waals surface area (Å²) in [5.74, 6) is -1.48. The van der Waals surface area contributed by atoms with Gasteiger partial charge in [0.1, 0.15) is 0 Å². The highest BCUT2D eigenvalue weighted by molar-refractivity contribution is 5.76. The van der Waals surface area contributed by atoms with E-state index in [1.165, 1.54) is 0 Å². The van der Waals surface area contributed by atoms with Crippen LogP contribution in [0.3, 0.4) is 0 Å². The number of aromatic nitrogens is 4. The van der Waals surface area contributed by atoms with Gasteiger partial charge in [-0.3, -0.25) is 9.69 Å². The van der Waals surface area contributed by atoms with E-state index >= 15 is 0 Å². The molecular formula is C23H27F3N6O2. The molecule has 0 aliphatic carbocycles. The van der Waals surface area contributed by atoms with Crippen LogP contribution in [0.15, 0.2) is 24.3 Å². The number of rotatable bonds is 7. The number of benzene rings is 1. The Hall–Kier alpha value is -3.05. The maximum Gasteiger partial charge on any atom is 0.453 e. The van der Waals surface area contributed by atoms with Crippen molar-refractivity contribution in [1.82, 2.24) is 29.8 Å². The van der Waals surface area contributed by atoms with Crippen LogP contribution in [-0.4, -0.2) is 56.7 Å². The van der Waals surface area contributed by atoms with Crippen molar-refractivity contribution >= 4 is 11.7 Å². The Morgan fingerprint density at radius 2 is 1.82 bits per heavy atom. The molecular weight excluding hydrogens is 449 g/mol. The predicted molar refractivity (Wildman–Crippen MR) is 118 cm³/mol. The van der Waals surface area contributed by atoms with Gasteiger partial charge in [-0.2, -0.15) is 18.2 Å². The highest BCUT2D eigenvalue weighted by atomic mass is 19.4. The molecule has 182 valence electrons. The van der Waals surface area contributed by atoms with Gasteiger partial charge in [0.15, 0.2) is 0 Å². The van der Waals surface area contributed by atoms with Gasteiger partial charge in [-0.15, -0.1) is 5.10 Å². The van der Waals surface area contributed by atoms with Crippen LogP contribution >= 0.6 is 0 Å². The minimum Gasteiger partial charge on any atom is -0.379 e. The molecule has 1 saturated heterocycles. The molecule has 0 atom stereocenters. The maximum atomic E-state index is 13.0. The van der Waals surface area contributed by atoms with E-state index in [0.717, 1.165) is 48.5 Å². The second-order valence-corrected chi connectivity index (χ2v) is 8.34. The molecule has 0 radical (unpaired) electrons. The number of carbonyl (C=O) groups is 1. The number of aryl methyl sites for hydroxylation is 2. The van der Waals surface area contributed by atoms with Crippen LogP contribution < -0.4 is 5.32 Å². The Labute approximate surface area is 195 Å². The highest BCUT2D eigenvalue weighted by Crippen LogP contribution is 2.27. The van der Waals surface area contributed by atoms with Gasteiger partial charge >= 0.3 is 6.18 Å². The average molecular weight is 477 g/mol. The van der Waals surface area contributed by atoms with Crippen molar-refractivity contribution in [3.63, 3.8) is 0 Å². The lowest BCUT2D eigenvalue weighted by atomic mass is 10.1. The molecule has 0 bridgehead atoms. The van der Waals surface area contributed by atoms with Crippen LogP contribution in [0.1, 0.15) is 40.3 Å². The number of fused-ring (bicyclic) bond motifs is 1. The third-order valence-electron chi connectivity index (χ3n) is 6.00. The van der Waals surface area contributed by atoms with E-state index < -0.39 is 12.0 Å². The van der Waals surface area contributed by atoms with Crippen LogP contribution in [-0.2, 0) is 35.2 Å². The van der Waals surface area contributed by atoms with Gasteiger partial charge in [0.25, 0.3) is 11.6 Å². The number of carbonyl (C=O) groups excluding carboxylic acids is 1. The van der Waals surface area contributed by atoms with E-state index in [9.17, 15) is 18.0 Å². The fourth-order valence-corrected chi connectivity index (χ4v) is 4.10. The second kappa shape index (κ2) is 10.1. The zero-order chi connectivity index (χ0) is 24.3. The summed E-state index contributed by atoms with van der Waals surface area (Å²) in [6.07, 6.45) is -4.13. The molecule has 0 spiro atoms. The van der Waals surface area contributed by atoms with Gasteiger partial charge in [-0.05, 0) is 37.0 Å². The van der Waals surface area contributed by atoms with E-state index in [2.05, 4.69) is 31.3 Å². The summed E-state index contributed by atoms with van der Waals surface area (Å²) in [4.78, 5) is 22.5. The molecule has 1 aliphatic rings. The number of hydrogen-bond acceptors (Lipinski definition) is 6. The van der Waals surface area contributed by atoms with Gasteiger partial charge in [0.2, 0.25) is 5.91 Å². The lowest BCUT2D eigenvalue weighted by molar-refractivity contribution is -0.144. The lowest BCUT2D eigenvalue weighted by Crippen LogP contribution is -2.36. The molecule has 11 heteroatoms. The quantitative estimate of drug-likeness (QED) is 0.565. The normalized spacial score (nSPS) is 15.1. The van der Waals surface area contributed by atoms with Crippen molar-refractivity contribution in [2.24, 2.45) is 0 Å². The third kappa shape index (κ3) is 5.53. The SMILES string of the molecule is Cc1nc2nc(C(F)(F)F)nn2c(C)c1CCC(=O)NCc1ccccc1CN1CCOCC1. The van der Waals surface area contributed by atoms with Crippen molar-refractivity contribution in [3.05, 3.63) is 58.2 Å². The Morgan fingerprint density at radius 3 is 2.53 bits per heavy atom. The van der Waals surface area contributed by atoms with Gasteiger partial charge < -0.3 is 10.1 Å². The Bertz CT molecular complexity index is 1170. The Balaban J connectivity index is 1.38. The maximum absolute atomic E-state index is 13.0. The van der Waals surface area contributed by atoms with Crippen LogP contribution in [0.25, 0.3) is 5.78 Å². The number of morpholine rings is 1. The van der Waals surface area contributed by atoms with Crippen molar-refractivity contribution in [3.8, 4) is 0 Å². The first-order valence-corrected chi connectivity index (χ1v) is 11.2. The first kappa shape index (κ1) is 24.1. The second-order valence-electron chi connectivity index (χ2n) is 8.34. The standard InChI is InChI=1S/C23H27F3N6O2/c1-15-19(16(2)32-22(28-15)29-21(30-32)23(24,25)26)7-8-20(33)27-13-17-5-3-4-6-18(17)14-31-9-11-34-12-10-31/h3-6H,7-14H2,1-2H3,(H,27,33). The molecule has 2 aromatic heterocycles. The summed E-state index contributed by atoms with van der Waals surface area (Å²) >= 11 is 0. The van der Waals surface area contributed by atoms with E-state index in [1.807, 2.05) is 18.2 Å². The van der Waals surface area contributed by atoms with Crippen LogP contribution in [0, 0.1) is 13.8 Å². The van der Waals surface area contributed by atoms with Crippen molar-refractivity contribution in [2.45, 2.75) is 46.0 Å². The topological polar surface area (TPSA) is 84.6 Å². The van der Waals surface area contributed by atoms with Crippen LogP contribution in [0.2, 0.25) is 0 Å². The fourth-order valence-electron chi connectivity index (χ4n) is 4.10. The average Bonchev–Trinajstić information content (AvgIpc) is 3.24. The summed E-state index contributed by atoms with van der Waals surface area (Å²) in [6.45, 7) is 7.79. The summed E-state index contributed by atoms with van der Waals surface area (Å²) in [6, 6.07) is 8.01. The third-order valence-corrected chi connectivity index (χ3v) is 6.00. The summed E-state index contributed by atoms with van der Waals surface area (Å²) in [7, 11) is 0. The summed E-state index contributed by atoms with van der Waals surface area (Å²) < 4.78 is 45.4. The number of alkyl halides is 3. The molecule has 4 rings (SSSR count). The van der Waals surface area contributed by atoms with Crippen LogP contribution in [0.4, 0.5) is 13.2 Å². The number of amides is 1. The number of hydrogen-bond donors (Lipinski definition) is 1. The number of nitrogens with one attached hydrogen (secondary N) is 1. The molecule has 1 aromatic carbocycles.